The second kappa shape index (κ2) is 9.94. The molecule has 1 aromatic rings. The van der Waals surface area contributed by atoms with Gasteiger partial charge in [-0.1, -0.05) is 30.3 Å². The lowest BCUT2D eigenvalue weighted by Gasteiger charge is -2.20. The van der Waals surface area contributed by atoms with Crippen molar-refractivity contribution in [3.63, 3.8) is 0 Å². The van der Waals surface area contributed by atoms with E-state index in [1.54, 1.807) is 0 Å². The van der Waals surface area contributed by atoms with E-state index in [4.69, 9.17) is 4.74 Å². The fourth-order valence-electron chi connectivity index (χ4n) is 1.87. The summed E-state index contributed by atoms with van der Waals surface area (Å²) in [5.41, 5.74) is 1.01. The number of carbonyl (C=O) groups is 2. The molecule has 0 spiro atoms. The number of hydrogen-bond acceptors (Lipinski definition) is 3. The minimum atomic E-state index is -0.552. The van der Waals surface area contributed by atoms with Crippen LogP contribution in [0.1, 0.15) is 25.8 Å². The highest BCUT2D eigenvalue weighted by Crippen LogP contribution is 2.04. The molecule has 0 bridgehead atoms. The molecule has 0 aliphatic rings. The van der Waals surface area contributed by atoms with E-state index in [0.29, 0.717) is 39.3 Å². The number of carbonyl (C=O) groups excluding carboxylic acids is 2. The van der Waals surface area contributed by atoms with Gasteiger partial charge in [0.15, 0.2) is 0 Å². The van der Waals surface area contributed by atoms with E-state index in [0.717, 1.165) is 5.56 Å². The Morgan fingerprint density at radius 2 is 1.90 bits per heavy atom. The molecule has 0 fully saturated rings. The number of amides is 2. The summed E-state index contributed by atoms with van der Waals surface area (Å²) in [6.45, 7) is 6.43. The van der Waals surface area contributed by atoms with E-state index < -0.39 is 11.8 Å². The molecule has 0 heterocycles. The standard InChI is InChI=1S/C16H24N2O3/c1-3-18(13-14-9-6-5-7-10-14)16(20)15(19)17-11-8-12-21-4-2/h5-7,9-10H,3-4,8,11-13H2,1-2H3,(H,17,19). The Bertz CT molecular complexity index is 434. The van der Waals surface area contributed by atoms with Gasteiger partial charge in [0.25, 0.3) is 0 Å². The maximum atomic E-state index is 12.1. The van der Waals surface area contributed by atoms with Crippen molar-refractivity contribution < 1.29 is 14.3 Å². The summed E-state index contributed by atoms with van der Waals surface area (Å²) in [4.78, 5) is 25.4. The molecule has 1 aromatic carbocycles. The predicted molar refractivity (Wildman–Crippen MR) is 81.7 cm³/mol. The number of ether oxygens (including phenoxy) is 1. The zero-order chi connectivity index (χ0) is 15.5. The van der Waals surface area contributed by atoms with Gasteiger partial charge in [0.1, 0.15) is 0 Å². The highest BCUT2D eigenvalue weighted by molar-refractivity contribution is 6.34. The van der Waals surface area contributed by atoms with Gasteiger partial charge in [0, 0.05) is 32.8 Å². The highest BCUT2D eigenvalue weighted by Gasteiger charge is 2.20. The lowest BCUT2D eigenvalue weighted by molar-refractivity contribution is -0.146. The van der Waals surface area contributed by atoms with Crippen molar-refractivity contribution in [3.05, 3.63) is 35.9 Å². The summed E-state index contributed by atoms with van der Waals surface area (Å²) in [5.74, 6) is -1.04. The van der Waals surface area contributed by atoms with Crippen LogP contribution in [0.15, 0.2) is 30.3 Å². The molecule has 21 heavy (non-hydrogen) atoms. The maximum Gasteiger partial charge on any atom is 0.312 e. The average molecular weight is 292 g/mol. The molecule has 0 aromatic heterocycles. The molecule has 2 amide bonds. The third-order valence-electron chi connectivity index (χ3n) is 3.03. The highest BCUT2D eigenvalue weighted by atomic mass is 16.5. The molecular formula is C16H24N2O3. The topological polar surface area (TPSA) is 58.6 Å². The Kier molecular flexibility index (Phi) is 8.12. The van der Waals surface area contributed by atoms with Crippen molar-refractivity contribution in [1.29, 1.82) is 0 Å². The molecule has 5 heteroatoms. The molecule has 0 aliphatic heterocycles. The number of hydrogen-bond donors (Lipinski definition) is 1. The fraction of sp³-hybridized carbons (Fsp3) is 0.500. The minimum absolute atomic E-state index is 0.447. The smallest absolute Gasteiger partial charge is 0.312 e. The average Bonchev–Trinajstić information content (AvgIpc) is 2.52. The van der Waals surface area contributed by atoms with Crippen molar-refractivity contribution in [2.24, 2.45) is 0 Å². The van der Waals surface area contributed by atoms with Gasteiger partial charge in [-0.3, -0.25) is 9.59 Å². The van der Waals surface area contributed by atoms with Gasteiger partial charge in [-0.25, -0.2) is 0 Å². The number of benzene rings is 1. The van der Waals surface area contributed by atoms with Crippen LogP contribution in [-0.2, 0) is 20.9 Å². The van der Waals surface area contributed by atoms with Crippen molar-refractivity contribution >= 4 is 11.8 Å². The predicted octanol–water partition coefficient (Wildman–Crippen LogP) is 1.58. The Labute approximate surface area is 126 Å². The Morgan fingerprint density at radius 3 is 2.52 bits per heavy atom. The van der Waals surface area contributed by atoms with Crippen molar-refractivity contribution in [2.75, 3.05) is 26.3 Å². The van der Waals surface area contributed by atoms with E-state index in [2.05, 4.69) is 5.32 Å². The Balaban J connectivity index is 2.41. The maximum absolute atomic E-state index is 12.1. The summed E-state index contributed by atoms with van der Waals surface area (Å²) < 4.78 is 5.18. The summed E-state index contributed by atoms with van der Waals surface area (Å²) in [6, 6.07) is 9.64. The number of nitrogens with one attached hydrogen (secondary N) is 1. The van der Waals surface area contributed by atoms with Gasteiger partial charge < -0.3 is 15.0 Å². The van der Waals surface area contributed by atoms with Crippen LogP contribution in [0.4, 0.5) is 0 Å². The first kappa shape index (κ1) is 17.2. The number of likely N-dealkylation sites (N-methyl/N-ethyl adjacent to an activating group) is 1. The molecule has 0 atom stereocenters. The van der Waals surface area contributed by atoms with Gasteiger partial charge >= 0.3 is 11.8 Å². The normalized spacial score (nSPS) is 10.2. The molecule has 1 N–H and O–H groups in total. The summed E-state index contributed by atoms with van der Waals surface area (Å²) in [6.07, 6.45) is 0.706. The molecule has 0 aliphatic carbocycles. The second-order valence-electron chi connectivity index (χ2n) is 4.61. The molecule has 1 rings (SSSR count). The molecule has 116 valence electrons. The van der Waals surface area contributed by atoms with Crippen LogP contribution in [0, 0.1) is 0 Å². The quantitative estimate of drug-likeness (QED) is 0.584. The SMILES string of the molecule is CCOCCCNC(=O)C(=O)N(CC)Cc1ccccc1. The van der Waals surface area contributed by atoms with Crippen LogP contribution in [0.25, 0.3) is 0 Å². The van der Waals surface area contributed by atoms with Gasteiger partial charge in [-0.05, 0) is 25.8 Å². The zero-order valence-electron chi connectivity index (χ0n) is 12.8. The van der Waals surface area contributed by atoms with Crippen LogP contribution >= 0.6 is 0 Å². The van der Waals surface area contributed by atoms with Crippen molar-refractivity contribution in [1.82, 2.24) is 10.2 Å². The summed E-state index contributed by atoms with van der Waals surface area (Å²) >= 11 is 0. The van der Waals surface area contributed by atoms with Crippen LogP contribution in [0.2, 0.25) is 0 Å². The van der Waals surface area contributed by atoms with Crippen LogP contribution in [0.3, 0.4) is 0 Å². The first-order valence-corrected chi connectivity index (χ1v) is 7.37. The van der Waals surface area contributed by atoms with Crippen LogP contribution in [0.5, 0.6) is 0 Å². The van der Waals surface area contributed by atoms with Gasteiger partial charge in [0.2, 0.25) is 0 Å². The van der Waals surface area contributed by atoms with Gasteiger partial charge in [-0.2, -0.15) is 0 Å². The molecule has 0 unspecified atom stereocenters. The molecule has 0 saturated heterocycles. The van der Waals surface area contributed by atoms with E-state index in [1.165, 1.54) is 4.90 Å². The van der Waals surface area contributed by atoms with Crippen molar-refractivity contribution in [3.8, 4) is 0 Å². The molecular weight excluding hydrogens is 268 g/mol. The third kappa shape index (κ3) is 6.40. The molecule has 0 saturated carbocycles. The van der Waals surface area contributed by atoms with E-state index in [1.807, 2.05) is 44.2 Å². The zero-order valence-corrected chi connectivity index (χ0v) is 12.8. The summed E-state index contributed by atoms with van der Waals surface area (Å²) in [5, 5.41) is 2.63. The van der Waals surface area contributed by atoms with Gasteiger partial charge in [-0.15, -0.1) is 0 Å². The Hall–Kier alpha value is -1.88. The largest absolute Gasteiger partial charge is 0.382 e. The lowest BCUT2D eigenvalue weighted by Crippen LogP contribution is -2.43. The third-order valence-corrected chi connectivity index (χ3v) is 3.03. The lowest BCUT2D eigenvalue weighted by atomic mass is 10.2. The van der Waals surface area contributed by atoms with Crippen molar-refractivity contribution in [2.45, 2.75) is 26.8 Å². The molecule has 5 nitrogen and oxygen atoms in total. The number of rotatable bonds is 8. The first-order chi connectivity index (χ1) is 10.2. The van der Waals surface area contributed by atoms with E-state index in [-0.39, 0.29) is 0 Å². The fourth-order valence-corrected chi connectivity index (χ4v) is 1.87. The summed E-state index contributed by atoms with van der Waals surface area (Å²) in [7, 11) is 0. The van der Waals surface area contributed by atoms with Crippen LogP contribution in [-0.4, -0.2) is 43.0 Å². The van der Waals surface area contributed by atoms with E-state index >= 15 is 0 Å². The molecule has 0 radical (unpaired) electrons. The van der Waals surface area contributed by atoms with E-state index in [9.17, 15) is 9.59 Å². The first-order valence-electron chi connectivity index (χ1n) is 7.37. The van der Waals surface area contributed by atoms with Gasteiger partial charge in [0.05, 0.1) is 0 Å². The monoisotopic (exact) mass is 292 g/mol. The minimum Gasteiger partial charge on any atom is -0.382 e. The number of nitrogens with zero attached hydrogens (tertiary/aromatic N) is 1. The second-order valence-corrected chi connectivity index (χ2v) is 4.61. The Morgan fingerprint density at radius 1 is 1.19 bits per heavy atom. The van der Waals surface area contributed by atoms with Crippen LogP contribution < -0.4 is 5.32 Å².